The van der Waals surface area contributed by atoms with Gasteiger partial charge in [0.15, 0.2) is 11.6 Å². The van der Waals surface area contributed by atoms with Crippen LogP contribution >= 0.6 is 11.3 Å². The first kappa shape index (κ1) is 27.0. The van der Waals surface area contributed by atoms with Crippen LogP contribution < -0.4 is 25.1 Å². The molecule has 6 rings (SSSR count). The molecule has 3 aromatic carbocycles. The van der Waals surface area contributed by atoms with E-state index in [0.29, 0.717) is 33.7 Å². The van der Waals surface area contributed by atoms with E-state index >= 15 is 0 Å². The zero-order chi connectivity index (χ0) is 29.2. The predicted molar refractivity (Wildman–Crippen MR) is 158 cm³/mol. The summed E-state index contributed by atoms with van der Waals surface area (Å²) in [5.74, 6) is 0.324. The average Bonchev–Trinajstić information content (AvgIpc) is 3.56. The molecule has 0 saturated carbocycles. The van der Waals surface area contributed by atoms with Crippen LogP contribution in [0.15, 0.2) is 88.6 Å². The van der Waals surface area contributed by atoms with Gasteiger partial charge in [-0.3, -0.25) is 9.59 Å². The minimum atomic E-state index is -0.516. The van der Waals surface area contributed by atoms with Gasteiger partial charge in [-0.2, -0.15) is 19.7 Å². The zero-order valence-electron chi connectivity index (χ0n) is 22.7. The first-order valence-corrected chi connectivity index (χ1v) is 13.9. The number of thiazole rings is 1. The molecule has 3 heterocycles. The normalized spacial score (nSPS) is 11.7. The van der Waals surface area contributed by atoms with Gasteiger partial charge in [-0.1, -0.05) is 41.7 Å². The monoisotopic (exact) mass is 581 g/mol. The van der Waals surface area contributed by atoms with Crippen molar-refractivity contribution in [2.45, 2.75) is 13.3 Å². The molecule has 0 amide bonds. The summed E-state index contributed by atoms with van der Waals surface area (Å²) in [6.45, 7) is 2.12. The van der Waals surface area contributed by atoms with Crippen LogP contribution in [-0.2, 0) is 6.42 Å². The van der Waals surface area contributed by atoms with E-state index in [-0.39, 0.29) is 22.8 Å². The number of nitrogens with zero attached hydrogens (tertiary/aromatic N) is 5. The molecule has 0 aliphatic rings. The highest BCUT2D eigenvalue weighted by atomic mass is 32.1. The number of para-hydroxylation sites is 1. The van der Waals surface area contributed by atoms with Crippen LogP contribution in [0, 0.1) is 5.82 Å². The Morgan fingerprint density at radius 1 is 1.00 bits per heavy atom. The lowest BCUT2D eigenvalue weighted by molar-refractivity contribution is 0.321. The molecule has 0 unspecified atom stereocenters. The van der Waals surface area contributed by atoms with Gasteiger partial charge in [0, 0.05) is 23.7 Å². The van der Waals surface area contributed by atoms with E-state index in [1.807, 2.05) is 42.5 Å². The second-order valence-electron chi connectivity index (χ2n) is 9.29. The average molecular weight is 582 g/mol. The number of hydrogen-bond donors (Lipinski definition) is 0. The molecular weight excluding hydrogens is 557 g/mol. The summed E-state index contributed by atoms with van der Waals surface area (Å²) in [4.78, 5) is 30.5. The van der Waals surface area contributed by atoms with Crippen molar-refractivity contribution >= 4 is 22.4 Å². The van der Waals surface area contributed by atoms with E-state index in [1.165, 1.54) is 6.07 Å². The number of rotatable bonds is 8. The molecule has 0 N–H and O–H groups in total. The lowest BCUT2D eigenvalue weighted by atomic mass is 10.1. The van der Waals surface area contributed by atoms with Crippen molar-refractivity contribution in [2.24, 2.45) is 0 Å². The summed E-state index contributed by atoms with van der Waals surface area (Å²) in [7, 11) is 1.58. The van der Waals surface area contributed by atoms with Crippen LogP contribution in [0.5, 0.6) is 11.5 Å². The Bertz CT molecular complexity index is 2070. The van der Waals surface area contributed by atoms with E-state index in [2.05, 4.69) is 10.1 Å². The summed E-state index contributed by atoms with van der Waals surface area (Å²) in [6, 6.07) is 21.3. The molecular formula is C31H24FN5O4S. The molecule has 0 radical (unpaired) electrons. The summed E-state index contributed by atoms with van der Waals surface area (Å²) < 4.78 is 28.5. The highest BCUT2D eigenvalue weighted by molar-refractivity contribution is 7.15. The van der Waals surface area contributed by atoms with Crippen molar-refractivity contribution in [1.82, 2.24) is 24.4 Å². The number of fused-ring (bicyclic) bond motifs is 1. The first-order chi connectivity index (χ1) is 20.4. The topological polar surface area (TPSA) is 101 Å². The summed E-state index contributed by atoms with van der Waals surface area (Å²) in [6.07, 6.45) is 3.64. The lowest BCUT2D eigenvalue weighted by Crippen LogP contribution is -2.28. The van der Waals surface area contributed by atoms with Crippen LogP contribution in [-0.4, -0.2) is 38.1 Å². The van der Waals surface area contributed by atoms with Crippen molar-refractivity contribution < 1.29 is 13.9 Å². The van der Waals surface area contributed by atoms with E-state index in [1.54, 1.807) is 55.3 Å². The van der Waals surface area contributed by atoms with Gasteiger partial charge in [-0.25, -0.2) is 9.07 Å². The van der Waals surface area contributed by atoms with Crippen LogP contribution in [0.3, 0.4) is 0 Å². The van der Waals surface area contributed by atoms with Crippen molar-refractivity contribution in [1.29, 1.82) is 0 Å². The Hall–Kier alpha value is -5.16. The van der Waals surface area contributed by atoms with Crippen molar-refractivity contribution in [2.75, 3.05) is 13.7 Å². The largest absolute Gasteiger partial charge is 0.497 e. The standard InChI is InChI=1S/C31H24FN5O4S/c1-3-41-26-14-11-20(16-24(26)32)28-21(18-36(35-28)22-7-5-4-6-8-22)17-27-30(39)37-31(42-27)33-29(38)25(34-37)15-19-9-12-23(40-2)13-10-19/h4-14,16-18H,3,15H2,1-2H3. The summed E-state index contributed by atoms with van der Waals surface area (Å²) in [5, 5.41) is 9.07. The zero-order valence-corrected chi connectivity index (χ0v) is 23.5. The van der Waals surface area contributed by atoms with Gasteiger partial charge in [0.05, 0.1) is 23.9 Å². The van der Waals surface area contributed by atoms with Gasteiger partial charge in [0.2, 0.25) is 4.96 Å². The summed E-state index contributed by atoms with van der Waals surface area (Å²) >= 11 is 1.05. The second-order valence-corrected chi connectivity index (χ2v) is 10.3. The van der Waals surface area contributed by atoms with Gasteiger partial charge in [0.1, 0.15) is 17.1 Å². The van der Waals surface area contributed by atoms with Gasteiger partial charge in [-0.05, 0) is 61.0 Å². The molecule has 11 heteroatoms. The molecule has 0 saturated heterocycles. The molecule has 0 fully saturated rings. The van der Waals surface area contributed by atoms with Gasteiger partial charge >= 0.3 is 0 Å². The predicted octanol–water partition coefficient (Wildman–Crippen LogP) is 4.05. The maximum atomic E-state index is 14.8. The van der Waals surface area contributed by atoms with E-state index in [9.17, 15) is 14.0 Å². The Labute approximate surface area is 242 Å². The third-order valence-electron chi connectivity index (χ3n) is 6.54. The molecule has 42 heavy (non-hydrogen) atoms. The molecule has 0 spiro atoms. The van der Waals surface area contributed by atoms with Crippen LogP contribution in [0.4, 0.5) is 4.39 Å². The Balaban J connectivity index is 1.45. The molecule has 3 aromatic heterocycles. The van der Waals surface area contributed by atoms with E-state index < -0.39 is 16.9 Å². The minimum Gasteiger partial charge on any atom is -0.497 e. The maximum Gasteiger partial charge on any atom is 0.296 e. The third-order valence-corrected chi connectivity index (χ3v) is 7.50. The Kier molecular flexibility index (Phi) is 7.32. The van der Waals surface area contributed by atoms with Crippen LogP contribution in [0.25, 0.3) is 28.0 Å². The van der Waals surface area contributed by atoms with Gasteiger partial charge < -0.3 is 9.47 Å². The fourth-order valence-corrected chi connectivity index (χ4v) is 5.38. The lowest BCUT2D eigenvalue weighted by Gasteiger charge is -2.06. The quantitative estimate of drug-likeness (QED) is 0.267. The minimum absolute atomic E-state index is 0.146. The second kappa shape index (κ2) is 11.4. The van der Waals surface area contributed by atoms with Crippen molar-refractivity contribution in [3.63, 3.8) is 0 Å². The number of halogens is 1. The molecule has 6 aromatic rings. The SMILES string of the molecule is CCOc1ccc(-c2nn(-c3ccccc3)cc2C=c2sc3nc(=O)c(Cc4ccc(OC)cc4)nn3c2=O)cc1F. The number of hydrogen-bond acceptors (Lipinski definition) is 8. The number of aromatic nitrogens is 5. The fourth-order valence-electron chi connectivity index (χ4n) is 4.48. The molecule has 0 atom stereocenters. The highest BCUT2D eigenvalue weighted by Gasteiger charge is 2.16. The maximum absolute atomic E-state index is 14.8. The van der Waals surface area contributed by atoms with Gasteiger partial charge in [0.25, 0.3) is 11.1 Å². The smallest absolute Gasteiger partial charge is 0.296 e. The van der Waals surface area contributed by atoms with Crippen LogP contribution in [0.1, 0.15) is 23.7 Å². The van der Waals surface area contributed by atoms with E-state index in [0.717, 1.165) is 27.1 Å². The number of ether oxygens (including phenoxy) is 2. The Morgan fingerprint density at radius 3 is 2.50 bits per heavy atom. The summed E-state index contributed by atoms with van der Waals surface area (Å²) in [5.41, 5.74) is 2.41. The number of benzene rings is 3. The third kappa shape index (κ3) is 5.29. The fraction of sp³-hybridized carbons (Fsp3) is 0.129. The van der Waals surface area contributed by atoms with Crippen LogP contribution in [0.2, 0.25) is 0 Å². The Morgan fingerprint density at radius 2 is 1.79 bits per heavy atom. The molecule has 210 valence electrons. The molecule has 9 nitrogen and oxygen atoms in total. The number of methoxy groups -OCH3 is 1. The highest BCUT2D eigenvalue weighted by Crippen LogP contribution is 2.28. The van der Waals surface area contributed by atoms with Crippen molar-refractivity contribution in [3.8, 4) is 28.4 Å². The molecule has 0 bridgehead atoms. The molecule has 0 aliphatic heterocycles. The first-order valence-electron chi connectivity index (χ1n) is 13.1. The van der Waals surface area contributed by atoms with Crippen molar-refractivity contribution in [3.05, 3.63) is 127 Å². The van der Waals surface area contributed by atoms with E-state index in [4.69, 9.17) is 14.6 Å². The molecule has 0 aliphatic carbocycles. The van der Waals surface area contributed by atoms with Gasteiger partial charge in [-0.15, -0.1) is 0 Å².